The molecule has 0 amide bonds. The van der Waals surface area contributed by atoms with Gasteiger partial charge >= 0.3 is 0 Å². The Morgan fingerprint density at radius 2 is 1.96 bits per heavy atom. The standard InChI is InChI=1S/C18H26B3FO3/c19-18(20,21)25-13-4-6-17(7-5-13)11-12-2-3-14(24-9-1-8-22)10-15(12)16(17)23/h2-3,10,13H,1,4-9,11,19-21H2/t13-,17-. The third kappa shape index (κ3) is 4.13. The zero-order valence-corrected chi connectivity index (χ0v) is 15.6. The van der Waals surface area contributed by atoms with Crippen molar-refractivity contribution in [1.29, 1.82) is 0 Å². The Morgan fingerprint density at radius 3 is 2.60 bits per heavy atom. The van der Waals surface area contributed by atoms with E-state index in [1.807, 2.05) is 18.2 Å². The second kappa shape index (κ2) is 7.18. The van der Waals surface area contributed by atoms with Crippen molar-refractivity contribution in [3.8, 4) is 5.75 Å². The number of rotatable bonds is 6. The van der Waals surface area contributed by atoms with Crippen LogP contribution in [0, 0.1) is 5.41 Å². The number of hydrogen-bond donors (Lipinski definition) is 0. The van der Waals surface area contributed by atoms with Crippen LogP contribution in [-0.2, 0) is 11.2 Å². The van der Waals surface area contributed by atoms with Gasteiger partial charge < -0.3 is 9.47 Å². The predicted molar refractivity (Wildman–Crippen MR) is 105 cm³/mol. The topological polar surface area (TPSA) is 35.5 Å². The van der Waals surface area contributed by atoms with Crippen LogP contribution < -0.4 is 4.74 Å². The molecule has 0 aliphatic heterocycles. The summed E-state index contributed by atoms with van der Waals surface area (Å²) >= 11 is 0. The molecule has 25 heavy (non-hydrogen) atoms. The van der Waals surface area contributed by atoms with E-state index in [2.05, 4.69) is 23.5 Å². The first kappa shape index (κ1) is 18.6. The van der Waals surface area contributed by atoms with Crippen LogP contribution in [0.5, 0.6) is 5.75 Å². The first-order valence-corrected chi connectivity index (χ1v) is 9.37. The molecular formula is C18H26B3FO3. The van der Waals surface area contributed by atoms with Crippen LogP contribution in [0.4, 0.5) is 4.39 Å². The number of fused-ring (bicyclic) bond motifs is 1. The Balaban J connectivity index is 1.67. The first-order valence-electron chi connectivity index (χ1n) is 9.37. The van der Waals surface area contributed by atoms with Gasteiger partial charge in [0.1, 0.15) is 29.3 Å². The maximum absolute atomic E-state index is 13.1. The zero-order chi connectivity index (χ0) is 18.1. The molecule has 1 aromatic rings. The van der Waals surface area contributed by atoms with Gasteiger partial charge in [0.25, 0.3) is 0 Å². The molecule has 3 rings (SSSR count). The molecule has 3 nitrogen and oxygen atoms in total. The minimum Gasteiger partial charge on any atom is -0.493 e. The van der Waals surface area contributed by atoms with Gasteiger partial charge in [0, 0.05) is 17.4 Å². The molecule has 0 radical (unpaired) electrons. The van der Waals surface area contributed by atoms with Crippen molar-refractivity contribution < 1.29 is 18.7 Å². The summed E-state index contributed by atoms with van der Waals surface area (Å²) in [5.74, 6) is 0.926. The highest BCUT2D eigenvalue weighted by molar-refractivity contribution is 6.58. The van der Waals surface area contributed by atoms with Gasteiger partial charge in [-0.05, 0) is 55.1 Å². The van der Waals surface area contributed by atoms with Gasteiger partial charge in [-0.1, -0.05) is 6.07 Å². The minimum absolute atomic E-state index is 0.135. The van der Waals surface area contributed by atoms with Crippen LogP contribution in [0.1, 0.15) is 48.0 Å². The van der Waals surface area contributed by atoms with E-state index in [0.717, 1.165) is 43.2 Å². The lowest BCUT2D eigenvalue weighted by Gasteiger charge is -2.38. The average Bonchev–Trinajstić information content (AvgIpc) is 2.81. The van der Waals surface area contributed by atoms with Crippen LogP contribution in [0.3, 0.4) is 0 Å². The molecule has 132 valence electrons. The third-order valence-electron chi connectivity index (χ3n) is 5.29. The van der Waals surface area contributed by atoms with Gasteiger partial charge in [-0.2, -0.15) is 0 Å². The summed E-state index contributed by atoms with van der Waals surface area (Å²) in [5.41, 5.74) is 1.67. The molecule has 0 aromatic heterocycles. The Labute approximate surface area is 152 Å². The summed E-state index contributed by atoms with van der Waals surface area (Å²) in [4.78, 5) is 13.1. The third-order valence-corrected chi connectivity index (χ3v) is 5.29. The van der Waals surface area contributed by atoms with Gasteiger partial charge in [0.2, 0.25) is 0 Å². The number of benzene rings is 1. The lowest BCUT2D eigenvalue weighted by Crippen LogP contribution is -2.42. The summed E-state index contributed by atoms with van der Waals surface area (Å²) in [6.45, 7) is -0.0365. The Morgan fingerprint density at radius 1 is 1.24 bits per heavy atom. The molecule has 1 saturated carbocycles. The van der Waals surface area contributed by atoms with Gasteiger partial charge in [0.05, 0.1) is 19.4 Å². The first-order chi connectivity index (χ1) is 11.8. The number of carbonyl (C=O) groups excluding carboxylic acids is 1. The molecule has 2 aliphatic rings. The van der Waals surface area contributed by atoms with Crippen molar-refractivity contribution in [2.75, 3.05) is 13.3 Å². The lowest BCUT2D eigenvalue weighted by atomic mass is 9.52. The van der Waals surface area contributed by atoms with E-state index < -0.39 is 0 Å². The van der Waals surface area contributed by atoms with Crippen molar-refractivity contribution in [2.24, 2.45) is 5.41 Å². The molecular weight excluding hydrogens is 316 g/mol. The van der Waals surface area contributed by atoms with Crippen molar-refractivity contribution in [2.45, 2.75) is 49.9 Å². The van der Waals surface area contributed by atoms with Crippen LogP contribution in [0.2, 0.25) is 0 Å². The molecule has 0 heterocycles. The Hall–Kier alpha value is -1.23. The largest absolute Gasteiger partial charge is 0.493 e. The molecule has 7 heteroatoms. The Kier molecular flexibility index (Phi) is 5.33. The maximum atomic E-state index is 13.1. The summed E-state index contributed by atoms with van der Waals surface area (Å²) in [7, 11) is 6.25. The van der Waals surface area contributed by atoms with E-state index in [1.54, 1.807) is 0 Å². The van der Waals surface area contributed by atoms with Crippen molar-refractivity contribution in [3.05, 3.63) is 29.3 Å². The fourth-order valence-corrected chi connectivity index (χ4v) is 4.15. The van der Waals surface area contributed by atoms with E-state index in [9.17, 15) is 9.18 Å². The number of Topliss-reactive ketones (excluding diaryl/α,β-unsaturated/α-hetero) is 1. The minimum atomic E-state index is -0.384. The number of halogens is 1. The van der Waals surface area contributed by atoms with E-state index in [-0.39, 0.29) is 29.3 Å². The van der Waals surface area contributed by atoms with Crippen LogP contribution in [0.15, 0.2) is 18.2 Å². The van der Waals surface area contributed by atoms with E-state index in [1.165, 1.54) is 0 Å². The molecule has 0 saturated heterocycles. The highest BCUT2D eigenvalue weighted by Gasteiger charge is 2.47. The number of ketones is 1. The van der Waals surface area contributed by atoms with Crippen LogP contribution >= 0.6 is 0 Å². The van der Waals surface area contributed by atoms with E-state index in [4.69, 9.17) is 9.47 Å². The monoisotopic (exact) mass is 342 g/mol. The summed E-state index contributed by atoms with van der Waals surface area (Å²) in [5, 5.41) is -0.135. The maximum Gasteiger partial charge on any atom is 0.169 e. The SMILES string of the molecule is BC(B)(B)O[C@H]1CC[C@]2(CC1)Cc1ccc(OCCCF)cc1C2=O. The summed E-state index contributed by atoms with van der Waals surface area (Å²) in [6.07, 6.45) is 5.12. The highest BCUT2D eigenvalue weighted by atomic mass is 19.1. The van der Waals surface area contributed by atoms with Gasteiger partial charge in [-0.25, -0.2) is 0 Å². The van der Waals surface area contributed by atoms with Crippen LogP contribution in [0.25, 0.3) is 0 Å². The summed E-state index contributed by atoms with van der Waals surface area (Å²) < 4.78 is 23.9. The van der Waals surface area contributed by atoms with Gasteiger partial charge in [-0.3, -0.25) is 9.18 Å². The molecule has 0 N–H and O–H groups in total. The van der Waals surface area contributed by atoms with Crippen LogP contribution in [-0.4, -0.2) is 54.0 Å². The number of alkyl halides is 1. The van der Waals surface area contributed by atoms with Gasteiger partial charge in [0.15, 0.2) is 5.78 Å². The molecule has 1 aromatic carbocycles. The normalized spacial score (nSPS) is 26.0. The van der Waals surface area contributed by atoms with E-state index >= 15 is 0 Å². The molecule has 0 atom stereocenters. The zero-order valence-electron chi connectivity index (χ0n) is 15.6. The number of hydrogen-bond acceptors (Lipinski definition) is 3. The van der Waals surface area contributed by atoms with Crippen molar-refractivity contribution in [3.63, 3.8) is 0 Å². The lowest BCUT2D eigenvalue weighted by molar-refractivity contribution is -0.00326. The molecule has 2 aliphatic carbocycles. The highest BCUT2D eigenvalue weighted by Crippen LogP contribution is 2.48. The van der Waals surface area contributed by atoms with Crippen molar-refractivity contribution >= 4 is 29.3 Å². The van der Waals surface area contributed by atoms with Gasteiger partial charge in [-0.15, -0.1) is 0 Å². The summed E-state index contributed by atoms with van der Waals surface area (Å²) in [6, 6.07) is 5.75. The fourth-order valence-electron chi connectivity index (χ4n) is 4.15. The Bertz CT molecular complexity index is 637. The second-order valence-corrected chi connectivity index (χ2v) is 8.43. The number of ether oxygens (including phenoxy) is 2. The second-order valence-electron chi connectivity index (χ2n) is 8.43. The quantitative estimate of drug-likeness (QED) is 0.562. The van der Waals surface area contributed by atoms with E-state index in [0.29, 0.717) is 18.8 Å². The fraction of sp³-hybridized carbons (Fsp3) is 0.611. The number of carbonyl (C=O) groups is 1. The molecule has 0 unspecified atom stereocenters. The average molecular weight is 342 g/mol. The van der Waals surface area contributed by atoms with Crippen molar-refractivity contribution in [1.82, 2.24) is 0 Å². The predicted octanol–water partition coefficient (Wildman–Crippen LogP) is 0.620. The molecule has 0 bridgehead atoms. The smallest absolute Gasteiger partial charge is 0.169 e. The molecule has 1 spiro atoms. The molecule has 1 fully saturated rings.